The van der Waals surface area contributed by atoms with Crippen molar-refractivity contribution in [3.63, 3.8) is 0 Å². The topological polar surface area (TPSA) is 77.6 Å². The maximum absolute atomic E-state index is 12.7. The van der Waals surface area contributed by atoms with Crippen molar-refractivity contribution in [1.29, 1.82) is 0 Å². The molecule has 9 heteroatoms. The van der Waals surface area contributed by atoms with Crippen molar-refractivity contribution in [3.05, 3.63) is 81.1 Å². The molecule has 0 unspecified atom stereocenters. The number of carbonyl (C=O) groups is 1. The van der Waals surface area contributed by atoms with E-state index in [0.29, 0.717) is 18.3 Å². The number of aromatic nitrogens is 5. The minimum absolute atomic E-state index is 0.00948. The molecule has 1 aromatic carbocycles. The summed E-state index contributed by atoms with van der Waals surface area (Å²) in [7, 11) is 0. The summed E-state index contributed by atoms with van der Waals surface area (Å²) in [6.07, 6.45) is 3.10. The Balaban J connectivity index is 1.18. The quantitative estimate of drug-likeness (QED) is 0.329. The minimum Gasteiger partial charge on any atom is -0.351 e. The van der Waals surface area contributed by atoms with E-state index >= 15 is 0 Å². The molecule has 34 heavy (non-hydrogen) atoms. The number of aryl methyl sites for hydroxylation is 1. The lowest BCUT2D eigenvalue weighted by Gasteiger charge is -2.09. The molecule has 1 amide bonds. The van der Waals surface area contributed by atoms with Crippen molar-refractivity contribution < 1.29 is 4.79 Å². The van der Waals surface area contributed by atoms with Crippen LogP contribution in [0.15, 0.2) is 53.0 Å². The molecule has 4 aromatic rings. The lowest BCUT2D eigenvalue weighted by molar-refractivity contribution is -0.118. The predicted molar refractivity (Wildman–Crippen MR) is 135 cm³/mol. The molecule has 0 aliphatic heterocycles. The molecule has 0 atom stereocenters. The number of amides is 1. The molecule has 7 nitrogen and oxygen atoms in total. The Kier molecular flexibility index (Phi) is 6.82. The monoisotopic (exact) mass is 492 g/mol. The van der Waals surface area contributed by atoms with Crippen molar-refractivity contribution in [2.75, 3.05) is 5.75 Å². The number of hydrogen-bond acceptors (Lipinski definition) is 6. The average Bonchev–Trinajstić information content (AvgIpc) is 3.27. The Bertz CT molecular complexity index is 1260. The molecule has 3 heterocycles. The highest BCUT2D eigenvalue weighted by Crippen LogP contribution is 2.39. The molecule has 1 N–H and O–H groups in total. The van der Waals surface area contributed by atoms with Crippen LogP contribution >= 0.6 is 23.1 Å². The van der Waals surface area contributed by atoms with Crippen LogP contribution < -0.4 is 5.32 Å². The summed E-state index contributed by atoms with van der Waals surface area (Å²) in [6, 6.07) is 14.9. The number of nitrogens with zero attached hydrogens (tertiary/aromatic N) is 5. The first kappa shape index (κ1) is 22.9. The van der Waals surface area contributed by atoms with E-state index in [1.54, 1.807) is 11.3 Å². The van der Waals surface area contributed by atoms with Crippen molar-refractivity contribution >= 4 is 29.0 Å². The Morgan fingerprint density at radius 1 is 1.15 bits per heavy atom. The van der Waals surface area contributed by atoms with Gasteiger partial charge in [0.15, 0.2) is 5.16 Å². The molecule has 3 aromatic heterocycles. The highest BCUT2D eigenvalue weighted by Gasteiger charge is 2.30. The fraction of sp³-hybridized carbons (Fsp3) is 0.360. The van der Waals surface area contributed by atoms with Crippen molar-refractivity contribution in [2.24, 2.45) is 0 Å². The molecule has 0 saturated heterocycles. The van der Waals surface area contributed by atoms with Gasteiger partial charge in [-0.1, -0.05) is 48.2 Å². The number of thioether (sulfide) groups is 1. The first-order valence-electron chi connectivity index (χ1n) is 11.5. The second-order valence-electron chi connectivity index (χ2n) is 8.61. The first-order valence-corrected chi connectivity index (χ1v) is 13.4. The van der Waals surface area contributed by atoms with E-state index in [4.69, 9.17) is 0 Å². The normalized spacial score (nSPS) is 13.4. The van der Waals surface area contributed by atoms with Gasteiger partial charge in [0, 0.05) is 35.1 Å². The standard InChI is InChI=1S/C25H28N6OS2/c1-17-22(18(2)30(29-17)15-19-7-4-3-5-8-19)14-26-24(32)16-34-25-28-27-23(31(25)20-10-11-20)13-21-9-6-12-33-21/h3-9,12,20H,10-11,13-16H2,1-2H3,(H,26,32). The first-order chi connectivity index (χ1) is 16.6. The van der Waals surface area contributed by atoms with Crippen LogP contribution in [0.25, 0.3) is 0 Å². The lowest BCUT2D eigenvalue weighted by Crippen LogP contribution is -2.25. The Morgan fingerprint density at radius 2 is 1.97 bits per heavy atom. The molecule has 1 aliphatic rings. The van der Waals surface area contributed by atoms with Crippen molar-refractivity contribution in [1.82, 2.24) is 29.9 Å². The molecule has 0 bridgehead atoms. The van der Waals surface area contributed by atoms with E-state index in [-0.39, 0.29) is 5.91 Å². The summed E-state index contributed by atoms with van der Waals surface area (Å²) in [5, 5.41) is 19.5. The zero-order valence-corrected chi connectivity index (χ0v) is 21.0. The van der Waals surface area contributed by atoms with Crippen LogP contribution in [0.1, 0.15) is 52.1 Å². The summed E-state index contributed by atoms with van der Waals surface area (Å²) < 4.78 is 4.24. The molecular formula is C25H28N6OS2. The van der Waals surface area contributed by atoms with Gasteiger partial charge in [-0.2, -0.15) is 5.10 Å². The van der Waals surface area contributed by atoms with Crippen LogP contribution in [0.3, 0.4) is 0 Å². The summed E-state index contributed by atoms with van der Waals surface area (Å²) in [6.45, 7) is 5.26. The van der Waals surface area contributed by atoms with Crippen molar-refractivity contribution in [3.8, 4) is 0 Å². The number of nitrogens with one attached hydrogen (secondary N) is 1. The number of thiophene rings is 1. The Labute approximate surface area is 207 Å². The molecule has 1 aliphatic carbocycles. The Hall–Kier alpha value is -2.91. The van der Waals surface area contributed by atoms with Crippen LogP contribution in [0, 0.1) is 13.8 Å². The van der Waals surface area contributed by atoms with E-state index in [0.717, 1.165) is 53.7 Å². The van der Waals surface area contributed by atoms with Gasteiger partial charge in [-0.25, -0.2) is 0 Å². The minimum atomic E-state index is -0.00948. The van der Waals surface area contributed by atoms with E-state index in [9.17, 15) is 4.79 Å². The van der Waals surface area contributed by atoms with E-state index in [2.05, 4.69) is 61.7 Å². The zero-order chi connectivity index (χ0) is 23.5. The van der Waals surface area contributed by atoms with Crippen molar-refractivity contribution in [2.45, 2.75) is 57.4 Å². The van der Waals surface area contributed by atoms with Gasteiger partial charge in [0.2, 0.25) is 5.91 Å². The fourth-order valence-corrected chi connectivity index (χ4v) is 5.62. The highest BCUT2D eigenvalue weighted by atomic mass is 32.2. The predicted octanol–water partition coefficient (Wildman–Crippen LogP) is 4.54. The van der Waals surface area contributed by atoms with Crippen LogP contribution in [-0.2, 0) is 24.3 Å². The third-order valence-electron chi connectivity index (χ3n) is 6.06. The molecule has 0 radical (unpaired) electrons. The van der Waals surface area contributed by atoms with Gasteiger partial charge in [-0.3, -0.25) is 9.48 Å². The van der Waals surface area contributed by atoms with Gasteiger partial charge < -0.3 is 9.88 Å². The van der Waals surface area contributed by atoms with E-state index in [1.165, 1.54) is 22.2 Å². The number of rotatable bonds is 10. The van der Waals surface area contributed by atoms with Crippen LogP contribution in [0.5, 0.6) is 0 Å². The van der Waals surface area contributed by atoms with Crippen LogP contribution in [0.4, 0.5) is 0 Å². The van der Waals surface area contributed by atoms with E-state index < -0.39 is 0 Å². The van der Waals surface area contributed by atoms with Gasteiger partial charge in [0.05, 0.1) is 18.0 Å². The number of benzene rings is 1. The SMILES string of the molecule is Cc1nn(Cc2ccccc2)c(C)c1CNC(=O)CSc1nnc(Cc2cccs2)n1C1CC1. The molecule has 1 fully saturated rings. The third-order valence-corrected chi connectivity index (χ3v) is 7.88. The number of hydrogen-bond donors (Lipinski definition) is 1. The largest absolute Gasteiger partial charge is 0.351 e. The maximum Gasteiger partial charge on any atom is 0.230 e. The number of carbonyl (C=O) groups excluding carboxylic acids is 1. The molecular weight excluding hydrogens is 464 g/mol. The molecule has 1 saturated carbocycles. The summed E-state index contributed by atoms with van der Waals surface area (Å²) in [5.74, 6) is 1.30. The van der Waals surface area contributed by atoms with Gasteiger partial charge >= 0.3 is 0 Å². The van der Waals surface area contributed by atoms with Gasteiger partial charge in [-0.15, -0.1) is 21.5 Å². The van der Waals surface area contributed by atoms with Crippen LogP contribution in [-0.4, -0.2) is 36.2 Å². The smallest absolute Gasteiger partial charge is 0.230 e. The van der Waals surface area contributed by atoms with Gasteiger partial charge in [-0.05, 0) is 43.7 Å². The fourth-order valence-electron chi connectivity index (χ4n) is 4.06. The second-order valence-corrected chi connectivity index (χ2v) is 10.6. The maximum atomic E-state index is 12.7. The lowest BCUT2D eigenvalue weighted by atomic mass is 10.2. The third kappa shape index (κ3) is 5.26. The second kappa shape index (κ2) is 10.1. The zero-order valence-electron chi connectivity index (χ0n) is 19.4. The highest BCUT2D eigenvalue weighted by molar-refractivity contribution is 7.99. The summed E-state index contributed by atoms with van der Waals surface area (Å²) in [5.41, 5.74) is 4.32. The summed E-state index contributed by atoms with van der Waals surface area (Å²) in [4.78, 5) is 13.9. The molecule has 5 rings (SSSR count). The van der Waals surface area contributed by atoms with Gasteiger partial charge in [0.1, 0.15) is 5.82 Å². The summed E-state index contributed by atoms with van der Waals surface area (Å²) >= 11 is 3.20. The van der Waals surface area contributed by atoms with E-state index in [1.807, 2.05) is 29.8 Å². The van der Waals surface area contributed by atoms with Crippen LogP contribution in [0.2, 0.25) is 0 Å². The Morgan fingerprint density at radius 3 is 2.71 bits per heavy atom. The average molecular weight is 493 g/mol. The molecule has 176 valence electrons. The molecule has 0 spiro atoms. The van der Waals surface area contributed by atoms with Gasteiger partial charge in [0.25, 0.3) is 0 Å².